The second kappa shape index (κ2) is 4.11. The van der Waals surface area contributed by atoms with E-state index in [4.69, 9.17) is 4.74 Å². The molecule has 0 aromatic carbocycles. The number of piperidine rings is 1. The summed E-state index contributed by atoms with van der Waals surface area (Å²) >= 11 is 0. The van der Waals surface area contributed by atoms with E-state index in [9.17, 15) is 4.79 Å². The van der Waals surface area contributed by atoms with Crippen molar-refractivity contribution >= 4 is 5.78 Å². The van der Waals surface area contributed by atoms with Gasteiger partial charge in [0.15, 0.2) is 0 Å². The summed E-state index contributed by atoms with van der Waals surface area (Å²) in [5.41, 5.74) is 0.181. The minimum atomic E-state index is 0.181. The lowest BCUT2D eigenvalue weighted by atomic mass is 9.68. The third kappa shape index (κ3) is 1.80. The largest absolute Gasteiger partial charge is 0.375 e. The molecule has 1 saturated carbocycles. The molecule has 3 heteroatoms. The molecular weight excluding hydrogens is 202 g/mol. The van der Waals surface area contributed by atoms with Crippen molar-refractivity contribution in [1.29, 1.82) is 0 Å². The van der Waals surface area contributed by atoms with Crippen molar-refractivity contribution in [3.05, 3.63) is 0 Å². The Morgan fingerprint density at radius 2 is 2.25 bits per heavy atom. The lowest BCUT2D eigenvalue weighted by Crippen LogP contribution is -2.50. The second-order valence-corrected chi connectivity index (χ2v) is 5.66. The number of Topliss-reactive ketones (excluding diaryl/α,β-unsaturated/α-hetero) is 1. The third-order valence-electron chi connectivity index (χ3n) is 4.69. The van der Waals surface area contributed by atoms with Crippen molar-refractivity contribution in [2.24, 2.45) is 11.8 Å². The second-order valence-electron chi connectivity index (χ2n) is 5.66. The van der Waals surface area contributed by atoms with E-state index < -0.39 is 0 Å². The summed E-state index contributed by atoms with van der Waals surface area (Å²) in [5.74, 6) is 1.34. The Morgan fingerprint density at radius 1 is 1.38 bits per heavy atom. The first-order chi connectivity index (χ1) is 7.79. The maximum atomic E-state index is 11.9. The van der Waals surface area contributed by atoms with Crippen molar-refractivity contribution in [3.8, 4) is 0 Å². The standard InChI is InChI=1S/C13H21NO2/c15-12-2-6-14-9-11(12)10-3-7-16-13(8-10)4-1-5-13/h10-11,14H,1-9H2. The molecule has 16 heavy (non-hydrogen) atoms. The van der Waals surface area contributed by atoms with Gasteiger partial charge in [-0.05, 0) is 38.0 Å². The Kier molecular flexibility index (Phi) is 2.76. The van der Waals surface area contributed by atoms with Crippen molar-refractivity contribution in [3.63, 3.8) is 0 Å². The van der Waals surface area contributed by atoms with Gasteiger partial charge in [-0.1, -0.05) is 0 Å². The fraction of sp³-hybridized carbons (Fsp3) is 0.923. The molecule has 0 radical (unpaired) electrons. The van der Waals surface area contributed by atoms with Gasteiger partial charge in [0.25, 0.3) is 0 Å². The summed E-state index contributed by atoms with van der Waals surface area (Å²) in [7, 11) is 0. The summed E-state index contributed by atoms with van der Waals surface area (Å²) in [5, 5.41) is 3.36. The maximum absolute atomic E-state index is 11.9. The Morgan fingerprint density at radius 3 is 2.94 bits per heavy atom. The van der Waals surface area contributed by atoms with Gasteiger partial charge in [-0.2, -0.15) is 0 Å². The highest BCUT2D eigenvalue weighted by Gasteiger charge is 2.45. The van der Waals surface area contributed by atoms with Gasteiger partial charge in [0.1, 0.15) is 5.78 Å². The van der Waals surface area contributed by atoms with Crippen LogP contribution in [0.25, 0.3) is 0 Å². The van der Waals surface area contributed by atoms with Crippen LogP contribution in [0.5, 0.6) is 0 Å². The van der Waals surface area contributed by atoms with Crippen LogP contribution in [0.3, 0.4) is 0 Å². The van der Waals surface area contributed by atoms with Gasteiger partial charge >= 0.3 is 0 Å². The molecule has 2 saturated heterocycles. The Labute approximate surface area is 96.9 Å². The molecule has 0 aromatic heterocycles. The molecule has 3 fully saturated rings. The highest BCUT2D eigenvalue weighted by Crippen LogP contribution is 2.46. The number of ether oxygens (including phenoxy) is 1. The molecule has 90 valence electrons. The zero-order chi connectivity index (χ0) is 11.0. The number of hydrogen-bond acceptors (Lipinski definition) is 3. The Balaban J connectivity index is 1.67. The summed E-state index contributed by atoms with van der Waals surface area (Å²) < 4.78 is 5.93. The van der Waals surface area contributed by atoms with Crippen molar-refractivity contribution in [1.82, 2.24) is 5.32 Å². The normalized spacial score (nSPS) is 38.4. The highest BCUT2D eigenvalue weighted by atomic mass is 16.5. The number of carbonyl (C=O) groups excluding carboxylic acids is 1. The van der Waals surface area contributed by atoms with Gasteiger partial charge in [-0.25, -0.2) is 0 Å². The van der Waals surface area contributed by atoms with Crippen LogP contribution < -0.4 is 5.32 Å². The molecule has 3 rings (SSSR count). The van der Waals surface area contributed by atoms with Gasteiger partial charge in [0.05, 0.1) is 5.60 Å². The van der Waals surface area contributed by atoms with Crippen LogP contribution in [0, 0.1) is 11.8 Å². The molecule has 1 aliphatic carbocycles. The molecule has 2 heterocycles. The van der Waals surface area contributed by atoms with E-state index in [1.807, 2.05) is 0 Å². The van der Waals surface area contributed by atoms with E-state index in [1.165, 1.54) is 19.3 Å². The average Bonchev–Trinajstić information content (AvgIpc) is 2.28. The first-order valence-corrected chi connectivity index (χ1v) is 6.66. The van der Waals surface area contributed by atoms with Crippen LogP contribution in [0.2, 0.25) is 0 Å². The first-order valence-electron chi connectivity index (χ1n) is 6.66. The molecule has 1 spiro atoms. The Hall–Kier alpha value is -0.410. The van der Waals surface area contributed by atoms with Crippen LogP contribution >= 0.6 is 0 Å². The third-order valence-corrected chi connectivity index (χ3v) is 4.69. The summed E-state index contributed by atoms with van der Waals surface area (Å²) in [4.78, 5) is 11.9. The summed E-state index contributed by atoms with van der Waals surface area (Å²) in [6.07, 6.45) is 6.69. The minimum Gasteiger partial charge on any atom is -0.375 e. The first kappa shape index (κ1) is 10.7. The van der Waals surface area contributed by atoms with Crippen molar-refractivity contribution in [2.45, 2.75) is 44.1 Å². The Bertz CT molecular complexity index is 286. The summed E-state index contributed by atoms with van der Waals surface area (Å²) in [6.45, 7) is 2.65. The lowest BCUT2D eigenvalue weighted by Gasteiger charge is -2.49. The quantitative estimate of drug-likeness (QED) is 0.732. The number of carbonyl (C=O) groups is 1. The van der Waals surface area contributed by atoms with Crippen LogP contribution in [0.15, 0.2) is 0 Å². The molecule has 0 aromatic rings. The van der Waals surface area contributed by atoms with Crippen LogP contribution in [0.4, 0.5) is 0 Å². The van der Waals surface area contributed by atoms with Gasteiger partial charge in [-0.15, -0.1) is 0 Å². The molecule has 2 unspecified atom stereocenters. The van der Waals surface area contributed by atoms with Crippen molar-refractivity contribution < 1.29 is 9.53 Å². The lowest BCUT2D eigenvalue weighted by molar-refractivity contribution is -0.155. The van der Waals surface area contributed by atoms with Gasteiger partial charge < -0.3 is 10.1 Å². The van der Waals surface area contributed by atoms with Crippen LogP contribution in [-0.2, 0) is 9.53 Å². The molecule has 3 aliphatic rings. The number of ketones is 1. The zero-order valence-electron chi connectivity index (χ0n) is 9.84. The van der Waals surface area contributed by atoms with E-state index in [-0.39, 0.29) is 11.5 Å². The molecule has 2 aliphatic heterocycles. The highest BCUT2D eigenvalue weighted by molar-refractivity contribution is 5.82. The van der Waals surface area contributed by atoms with E-state index >= 15 is 0 Å². The monoisotopic (exact) mass is 223 g/mol. The van der Waals surface area contributed by atoms with E-state index in [1.54, 1.807) is 0 Å². The fourth-order valence-electron chi connectivity index (χ4n) is 3.53. The van der Waals surface area contributed by atoms with Crippen molar-refractivity contribution in [2.75, 3.05) is 19.7 Å². The SMILES string of the molecule is O=C1CCNCC1C1CCOC2(CCC2)C1. The van der Waals surface area contributed by atoms with E-state index in [0.717, 1.165) is 39.0 Å². The van der Waals surface area contributed by atoms with Crippen LogP contribution in [-0.4, -0.2) is 31.1 Å². The number of nitrogens with one attached hydrogen (secondary N) is 1. The smallest absolute Gasteiger partial charge is 0.138 e. The molecule has 0 bridgehead atoms. The van der Waals surface area contributed by atoms with Gasteiger partial charge in [0, 0.05) is 32.0 Å². The molecule has 3 nitrogen and oxygen atoms in total. The molecular formula is C13H21NO2. The fourth-order valence-corrected chi connectivity index (χ4v) is 3.53. The van der Waals surface area contributed by atoms with Gasteiger partial charge in [0.2, 0.25) is 0 Å². The zero-order valence-corrected chi connectivity index (χ0v) is 9.84. The number of rotatable bonds is 1. The molecule has 2 atom stereocenters. The van der Waals surface area contributed by atoms with Crippen LogP contribution in [0.1, 0.15) is 38.5 Å². The average molecular weight is 223 g/mol. The van der Waals surface area contributed by atoms with E-state index in [0.29, 0.717) is 11.7 Å². The topological polar surface area (TPSA) is 38.3 Å². The minimum absolute atomic E-state index is 0.181. The molecule has 0 amide bonds. The summed E-state index contributed by atoms with van der Waals surface area (Å²) in [6, 6.07) is 0. The van der Waals surface area contributed by atoms with E-state index in [2.05, 4.69) is 5.32 Å². The molecule has 1 N–H and O–H groups in total. The maximum Gasteiger partial charge on any atom is 0.138 e. The van der Waals surface area contributed by atoms with Gasteiger partial charge in [-0.3, -0.25) is 4.79 Å². The predicted molar refractivity (Wildman–Crippen MR) is 61.2 cm³/mol. The predicted octanol–water partition coefficient (Wildman–Crippen LogP) is 1.51. The number of hydrogen-bond donors (Lipinski definition) is 1.